The van der Waals surface area contributed by atoms with Gasteiger partial charge in [0.15, 0.2) is 0 Å². The predicted octanol–water partition coefficient (Wildman–Crippen LogP) is 5.96. The number of aryl methyl sites for hydroxylation is 1. The number of fused-ring (bicyclic) bond motifs is 3. The molecule has 6 aromatic rings. The van der Waals surface area contributed by atoms with E-state index in [1.807, 2.05) is 36.0 Å². The summed E-state index contributed by atoms with van der Waals surface area (Å²) < 4.78 is 9.50. The van der Waals surface area contributed by atoms with Gasteiger partial charge in [0.25, 0.3) is 5.91 Å². The van der Waals surface area contributed by atoms with Crippen molar-refractivity contribution < 1.29 is 19.4 Å². The molecular weight excluding hydrogens is 618 g/mol. The molecule has 252 valence electrons. The predicted molar refractivity (Wildman–Crippen MR) is 188 cm³/mol. The van der Waals surface area contributed by atoms with E-state index in [9.17, 15) is 14.7 Å². The van der Waals surface area contributed by atoms with Gasteiger partial charge < -0.3 is 40.3 Å². The number of nitrogens with two attached hydrogens (primary N) is 1. The number of carbonyl (C=O) groups excluding carboxylic acids is 2. The van der Waals surface area contributed by atoms with E-state index in [1.165, 1.54) is 0 Å². The van der Waals surface area contributed by atoms with Crippen molar-refractivity contribution in [1.29, 1.82) is 0 Å². The first-order chi connectivity index (χ1) is 23.5. The zero-order valence-electron chi connectivity index (χ0n) is 28.1. The highest BCUT2D eigenvalue weighted by Gasteiger charge is 2.34. The number of primary amides is 1. The number of rotatable bonds is 10. The second-order valence-electron chi connectivity index (χ2n) is 14.0. The molecular formula is C38H41N7O4. The second-order valence-corrected chi connectivity index (χ2v) is 14.0. The average Bonchev–Trinajstić information content (AvgIpc) is 3.80. The van der Waals surface area contributed by atoms with Gasteiger partial charge in [0.1, 0.15) is 12.4 Å². The van der Waals surface area contributed by atoms with Crippen molar-refractivity contribution in [3.63, 3.8) is 0 Å². The smallest absolute Gasteiger partial charge is 0.404 e. The third-order valence-corrected chi connectivity index (χ3v) is 9.49. The first kappa shape index (κ1) is 32.0. The number of hydrogen-bond donors (Lipinski definition) is 5. The summed E-state index contributed by atoms with van der Waals surface area (Å²) in [5.41, 5.74) is 13.6. The molecule has 0 saturated carbocycles. The molecule has 7 rings (SSSR count). The minimum absolute atomic E-state index is 0.0833. The minimum atomic E-state index is -0.782. The Morgan fingerprint density at radius 2 is 1.90 bits per heavy atom. The van der Waals surface area contributed by atoms with Crippen molar-refractivity contribution in [2.45, 2.75) is 52.4 Å². The number of nitrogens with zero attached hydrogens (tertiary/aromatic N) is 3. The van der Waals surface area contributed by atoms with E-state index >= 15 is 0 Å². The number of nitrogens with one attached hydrogen (secondary N) is 3. The summed E-state index contributed by atoms with van der Waals surface area (Å²) in [5, 5.41) is 19.1. The fraction of sp³-hybridized carbons (Fsp3) is 0.289. The topological polar surface area (TPSA) is 152 Å². The van der Waals surface area contributed by atoms with Gasteiger partial charge in [0.05, 0.1) is 24.6 Å². The van der Waals surface area contributed by atoms with Crippen LogP contribution in [0.25, 0.3) is 21.8 Å². The highest BCUT2D eigenvalue weighted by molar-refractivity contribution is 6.01. The number of H-pyrrole nitrogens is 1. The lowest BCUT2D eigenvalue weighted by atomic mass is 9.77. The van der Waals surface area contributed by atoms with E-state index in [-0.39, 0.29) is 35.6 Å². The Morgan fingerprint density at radius 3 is 2.65 bits per heavy atom. The third-order valence-electron chi connectivity index (χ3n) is 9.49. The molecule has 49 heavy (non-hydrogen) atoms. The van der Waals surface area contributed by atoms with Crippen LogP contribution in [0.1, 0.15) is 76.7 Å². The normalized spacial score (nSPS) is 15.1. The number of imidazole rings is 1. The van der Waals surface area contributed by atoms with Crippen molar-refractivity contribution in [2.24, 2.45) is 18.2 Å². The van der Waals surface area contributed by atoms with Crippen molar-refractivity contribution in [2.75, 3.05) is 6.61 Å². The summed E-state index contributed by atoms with van der Waals surface area (Å²) in [6, 6.07) is 19.0. The van der Waals surface area contributed by atoms with E-state index in [2.05, 4.69) is 76.4 Å². The van der Waals surface area contributed by atoms with Gasteiger partial charge in [-0.05, 0) is 52.4 Å². The second kappa shape index (κ2) is 12.5. The third kappa shape index (κ3) is 6.25. The Morgan fingerprint density at radius 1 is 1.08 bits per heavy atom. The van der Waals surface area contributed by atoms with E-state index in [0.717, 1.165) is 55.4 Å². The standard InChI is InChI=1S/C38H41N7O4/c1-38(2,3)30(20-49-37(39)48)29-19-45(18-23-17-44(4)21-41-23)33-13-22(9-11-25(29)33)15-40-16-32-34(27-7-5-6-8-31(27)42-32)35-28-14-24(46)10-12-26(28)36(47)43-35/h5-14,17,19,21,30,35,40,42,46H,15-16,18,20H2,1-4H3,(H2,39,48)(H,43,47). The molecule has 2 unspecified atom stereocenters. The molecule has 0 fully saturated rings. The number of aromatic nitrogens is 4. The number of hydrogen-bond acceptors (Lipinski definition) is 6. The molecule has 0 bridgehead atoms. The minimum Gasteiger partial charge on any atom is -0.508 e. The number of benzene rings is 3. The summed E-state index contributed by atoms with van der Waals surface area (Å²) >= 11 is 0. The van der Waals surface area contributed by atoms with E-state index < -0.39 is 6.09 Å². The molecule has 11 heteroatoms. The molecule has 0 spiro atoms. The van der Waals surface area contributed by atoms with E-state index in [1.54, 1.807) is 24.5 Å². The van der Waals surface area contributed by atoms with Gasteiger partial charge in [-0.15, -0.1) is 0 Å². The monoisotopic (exact) mass is 659 g/mol. The Balaban J connectivity index is 1.20. The largest absolute Gasteiger partial charge is 0.508 e. The number of para-hydroxylation sites is 1. The zero-order valence-corrected chi connectivity index (χ0v) is 28.1. The van der Waals surface area contributed by atoms with Crippen LogP contribution in [0.2, 0.25) is 0 Å². The van der Waals surface area contributed by atoms with Gasteiger partial charge in [-0.2, -0.15) is 0 Å². The van der Waals surface area contributed by atoms with Crippen LogP contribution in [0.3, 0.4) is 0 Å². The summed E-state index contributed by atoms with van der Waals surface area (Å²) in [7, 11) is 1.96. The maximum Gasteiger partial charge on any atom is 0.404 e. The van der Waals surface area contributed by atoms with Crippen molar-refractivity contribution >= 4 is 33.8 Å². The number of ether oxygens (including phenoxy) is 1. The highest BCUT2D eigenvalue weighted by Crippen LogP contribution is 2.41. The zero-order chi connectivity index (χ0) is 34.4. The Hall–Kier alpha value is -5.55. The van der Waals surface area contributed by atoms with Crippen molar-refractivity contribution in [3.8, 4) is 5.75 Å². The Kier molecular flexibility index (Phi) is 8.15. The summed E-state index contributed by atoms with van der Waals surface area (Å²) in [6.07, 6.45) is 5.18. The van der Waals surface area contributed by atoms with Gasteiger partial charge in [0, 0.05) is 77.1 Å². The van der Waals surface area contributed by atoms with Gasteiger partial charge >= 0.3 is 6.09 Å². The van der Waals surface area contributed by atoms with Crippen LogP contribution in [0.5, 0.6) is 5.75 Å². The van der Waals surface area contributed by atoms with Gasteiger partial charge in [-0.1, -0.05) is 51.1 Å². The molecule has 4 heterocycles. The van der Waals surface area contributed by atoms with Crippen LogP contribution < -0.4 is 16.4 Å². The van der Waals surface area contributed by atoms with Gasteiger partial charge in [-0.3, -0.25) is 4.79 Å². The molecule has 3 aromatic carbocycles. The molecule has 1 aliphatic heterocycles. The fourth-order valence-electron chi connectivity index (χ4n) is 7.11. The molecule has 6 N–H and O–H groups in total. The number of aromatic amines is 1. The molecule has 0 radical (unpaired) electrons. The summed E-state index contributed by atoms with van der Waals surface area (Å²) in [6.45, 7) is 8.31. The summed E-state index contributed by atoms with van der Waals surface area (Å²) in [5.74, 6) is -0.110. The first-order valence-corrected chi connectivity index (χ1v) is 16.4. The van der Waals surface area contributed by atoms with Crippen LogP contribution in [0, 0.1) is 5.41 Å². The van der Waals surface area contributed by atoms with Crippen LogP contribution in [-0.4, -0.2) is 42.8 Å². The average molecular weight is 660 g/mol. The quantitative estimate of drug-likeness (QED) is 0.122. The first-order valence-electron chi connectivity index (χ1n) is 16.4. The molecule has 11 nitrogen and oxygen atoms in total. The van der Waals surface area contributed by atoms with Crippen molar-refractivity contribution in [1.82, 2.24) is 29.7 Å². The molecule has 2 atom stereocenters. The van der Waals surface area contributed by atoms with E-state index in [0.29, 0.717) is 25.2 Å². The van der Waals surface area contributed by atoms with Crippen molar-refractivity contribution in [3.05, 3.63) is 119 Å². The molecule has 0 saturated heterocycles. The molecule has 3 aromatic heterocycles. The number of aromatic hydroxyl groups is 1. The van der Waals surface area contributed by atoms with Crippen LogP contribution >= 0.6 is 0 Å². The molecule has 0 aliphatic carbocycles. The van der Waals surface area contributed by atoms with Crippen LogP contribution in [0.4, 0.5) is 4.79 Å². The molecule has 1 aliphatic rings. The van der Waals surface area contributed by atoms with Crippen LogP contribution in [-0.2, 0) is 31.4 Å². The number of amides is 2. The Labute approximate surface area is 284 Å². The number of carbonyl (C=O) groups is 2. The lowest BCUT2D eigenvalue weighted by molar-refractivity contribution is 0.0960. The van der Waals surface area contributed by atoms with E-state index in [4.69, 9.17) is 10.5 Å². The number of phenols is 1. The summed E-state index contributed by atoms with van der Waals surface area (Å²) in [4.78, 5) is 32.6. The number of phenolic OH excluding ortho intramolecular Hbond substituents is 1. The fourth-order valence-corrected chi connectivity index (χ4v) is 7.11. The maximum absolute atomic E-state index is 12.9. The van der Waals surface area contributed by atoms with Crippen LogP contribution in [0.15, 0.2) is 79.4 Å². The molecule has 2 amide bonds. The Bertz CT molecular complexity index is 2200. The lowest BCUT2D eigenvalue weighted by Crippen LogP contribution is -2.26. The lowest BCUT2D eigenvalue weighted by Gasteiger charge is -2.30. The van der Waals surface area contributed by atoms with Gasteiger partial charge in [-0.25, -0.2) is 9.78 Å². The highest BCUT2D eigenvalue weighted by atomic mass is 16.5. The van der Waals surface area contributed by atoms with Gasteiger partial charge in [0.2, 0.25) is 0 Å². The maximum atomic E-state index is 12.9. The SMILES string of the molecule is Cn1cnc(Cn2cc(C(COC(N)=O)C(C)(C)C)c3ccc(CNCc4[nH]c5ccccc5c4C4NC(=O)c5ccc(O)cc54)cc32)c1.